The summed E-state index contributed by atoms with van der Waals surface area (Å²) in [5.74, 6) is 3.66. The van der Waals surface area contributed by atoms with E-state index in [1.54, 1.807) is 7.11 Å². The van der Waals surface area contributed by atoms with Crippen LogP contribution in [0.5, 0.6) is 0 Å². The summed E-state index contributed by atoms with van der Waals surface area (Å²) >= 11 is 0. The Morgan fingerprint density at radius 1 is 1.44 bits per heavy atom. The quantitative estimate of drug-likeness (QED) is 0.831. The molecule has 5 heteroatoms. The van der Waals surface area contributed by atoms with Crippen LogP contribution in [0, 0.1) is 11.8 Å². The largest absolute Gasteiger partial charge is 0.383 e. The normalized spacial score (nSPS) is 33.8. The highest BCUT2D eigenvalue weighted by atomic mass is 16.5. The monoisotopic (exact) mass is 223 g/mol. The van der Waals surface area contributed by atoms with Gasteiger partial charge in [-0.05, 0) is 31.1 Å². The maximum atomic E-state index is 5.84. The van der Waals surface area contributed by atoms with Gasteiger partial charge in [0.25, 0.3) is 0 Å². The zero-order chi connectivity index (χ0) is 11.1. The van der Waals surface area contributed by atoms with Gasteiger partial charge < -0.3 is 15.0 Å². The van der Waals surface area contributed by atoms with Gasteiger partial charge in [0.15, 0.2) is 5.82 Å². The summed E-state index contributed by atoms with van der Waals surface area (Å²) in [5.41, 5.74) is 5.84. The number of hydrogen-bond donors (Lipinski definition) is 1. The van der Waals surface area contributed by atoms with Crippen LogP contribution in [0.4, 0.5) is 0 Å². The summed E-state index contributed by atoms with van der Waals surface area (Å²) < 4.78 is 10.3. The van der Waals surface area contributed by atoms with Gasteiger partial charge >= 0.3 is 0 Å². The van der Waals surface area contributed by atoms with E-state index >= 15 is 0 Å². The minimum absolute atomic E-state index is 0.279. The van der Waals surface area contributed by atoms with Gasteiger partial charge in [-0.15, -0.1) is 0 Å². The number of aromatic nitrogens is 2. The summed E-state index contributed by atoms with van der Waals surface area (Å²) in [5, 5.41) is 3.93. The topological polar surface area (TPSA) is 74.2 Å². The molecule has 1 heterocycles. The molecular formula is C11H17N3O2. The first-order chi connectivity index (χ1) is 7.78. The SMILES string of the molecule is COCC(N)c1noc(C2CC3CC3C2)n1. The van der Waals surface area contributed by atoms with Crippen LogP contribution in [0.25, 0.3) is 0 Å². The molecule has 16 heavy (non-hydrogen) atoms. The Bertz CT molecular complexity index is 369. The second kappa shape index (κ2) is 3.82. The minimum atomic E-state index is -0.279. The standard InChI is InChI=1S/C11H17N3O2/c1-15-5-9(12)10-13-11(16-14-10)8-3-6-2-7(6)4-8/h6-9H,2-5,12H2,1H3. The van der Waals surface area contributed by atoms with Crippen LogP contribution in [0.1, 0.15) is 42.9 Å². The molecule has 1 aromatic rings. The molecule has 0 aliphatic heterocycles. The molecule has 0 spiro atoms. The number of nitrogens with two attached hydrogens (primary N) is 1. The van der Waals surface area contributed by atoms with Gasteiger partial charge in [-0.1, -0.05) is 5.16 Å². The molecule has 0 amide bonds. The molecule has 1 aromatic heterocycles. The van der Waals surface area contributed by atoms with Crippen molar-refractivity contribution in [2.75, 3.05) is 13.7 Å². The molecule has 0 bridgehead atoms. The van der Waals surface area contributed by atoms with Crippen molar-refractivity contribution in [2.24, 2.45) is 17.6 Å². The zero-order valence-corrected chi connectivity index (χ0v) is 9.43. The predicted molar refractivity (Wildman–Crippen MR) is 56.7 cm³/mol. The van der Waals surface area contributed by atoms with E-state index in [9.17, 15) is 0 Å². The molecule has 0 radical (unpaired) electrons. The van der Waals surface area contributed by atoms with Crippen LogP contribution < -0.4 is 5.73 Å². The fourth-order valence-corrected chi connectivity index (χ4v) is 2.73. The maximum absolute atomic E-state index is 5.84. The molecule has 88 valence electrons. The maximum Gasteiger partial charge on any atom is 0.229 e. The van der Waals surface area contributed by atoms with E-state index in [0.717, 1.165) is 17.7 Å². The number of rotatable bonds is 4. The lowest BCUT2D eigenvalue weighted by Gasteiger charge is -2.05. The van der Waals surface area contributed by atoms with Gasteiger partial charge in [-0.25, -0.2) is 0 Å². The third-order valence-electron chi connectivity index (χ3n) is 3.73. The van der Waals surface area contributed by atoms with Crippen molar-refractivity contribution in [2.45, 2.75) is 31.2 Å². The van der Waals surface area contributed by atoms with Crippen LogP contribution >= 0.6 is 0 Å². The fourth-order valence-electron chi connectivity index (χ4n) is 2.73. The second-order valence-corrected chi connectivity index (χ2v) is 4.98. The third kappa shape index (κ3) is 1.74. The Balaban J connectivity index is 1.67. The molecule has 2 fully saturated rings. The highest BCUT2D eigenvalue weighted by Gasteiger charge is 2.47. The van der Waals surface area contributed by atoms with Crippen molar-refractivity contribution in [1.82, 2.24) is 10.1 Å². The van der Waals surface area contributed by atoms with Crippen molar-refractivity contribution < 1.29 is 9.26 Å². The van der Waals surface area contributed by atoms with E-state index in [0.29, 0.717) is 18.3 Å². The first-order valence-corrected chi connectivity index (χ1v) is 5.86. The Morgan fingerprint density at radius 3 is 2.88 bits per heavy atom. The van der Waals surface area contributed by atoms with Crippen LogP contribution in [-0.2, 0) is 4.74 Å². The van der Waals surface area contributed by atoms with Crippen molar-refractivity contribution >= 4 is 0 Å². The van der Waals surface area contributed by atoms with Crippen LogP contribution in [0.3, 0.4) is 0 Å². The number of nitrogens with zero attached hydrogens (tertiary/aromatic N) is 2. The number of methoxy groups -OCH3 is 1. The van der Waals surface area contributed by atoms with Gasteiger partial charge in [0.1, 0.15) is 0 Å². The average Bonchev–Trinajstić information content (AvgIpc) is 2.74. The smallest absolute Gasteiger partial charge is 0.229 e. The van der Waals surface area contributed by atoms with Crippen molar-refractivity contribution in [3.63, 3.8) is 0 Å². The minimum Gasteiger partial charge on any atom is -0.383 e. The lowest BCUT2D eigenvalue weighted by molar-refractivity contribution is 0.177. The molecule has 2 N–H and O–H groups in total. The van der Waals surface area contributed by atoms with E-state index < -0.39 is 0 Å². The Labute approximate surface area is 94.3 Å². The Hall–Kier alpha value is -0.940. The average molecular weight is 223 g/mol. The predicted octanol–water partition coefficient (Wildman–Crippen LogP) is 1.23. The van der Waals surface area contributed by atoms with Gasteiger partial charge in [-0.2, -0.15) is 4.98 Å². The summed E-state index contributed by atoms with van der Waals surface area (Å²) in [7, 11) is 1.62. The summed E-state index contributed by atoms with van der Waals surface area (Å²) in [6, 6.07) is -0.279. The summed E-state index contributed by atoms with van der Waals surface area (Å²) in [6.45, 7) is 0.425. The fraction of sp³-hybridized carbons (Fsp3) is 0.818. The van der Waals surface area contributed by atoms with Crippen LogP contribution in [0.2, 0.25) is 0 Å². The van der Waals surface area contributed by atoms with E-state index in [2.05, 4.69) is 10.1 Å². The van der Waals surface area contributed by atoms with Crippen molar-refractivity contribution in [3.05, 3.63) is 11.7 Å². The molecule has 3 atom stereocenters. The van der Waals surface area contributed by atoms with E-state index in [-0.39, 0.29) is 6.04 Å². The Morgan fingerprint density at radius 2 is 2.19 bits per heavy atom. The number of fused-ring (bicyclic) bond motifs is 1. The van der Waals surface area contributed by atoms with Crippen LogP contribution in [0.15, 0.2) is 4.52 Å². The summed E-state index contributed by atoms with van der Waals surface area (Å²) in [4.78, 5) is 4.38. The zero-order valence-electron chi connectivity index (χ0n) is 9.43. The summed E-state index contributed by atoms with van der Waals surface area (Å²) in [6.07, 6.45) is 3.83. The first-order valence-electron chi connectivity index (χ1n) is 5.86. The lowest BCUT2D eigenvalue weighted by atomic mass is 10.0. The van der Waals surface area contributed by atoms with E-state index in [1.807, 2.05) is 0 Å². The lowest BCUT2D eigenvalue weighted by Crippen LogP contribution is -2.17. The molecule has 0 aromatic carbocycles. The van der Waals surface area contributed by atoms with Gasteiger partial charge in [0.05, 0.1) is 12.6 Å². The third-order valence-corrected chi connectivity index (χ3v) is 3.73. The molecule has 3 rings (SSSR count). The van der Waals surface area contributed by atoms with E-state index in [1.165, 1.54) is 19.3 Å². The molecule has 5 nitrogen and oxygen atoms in total. The van der Waals surface area contributed by atoms with Crippen molar-refractivity contribution in [3.8, 4) is 0 Å². The first kappa shape index (κ1) is 10.2. The molecule has 2 aliphatic rings. The Kier molecular flexibility index (Phi) is 2.44. The van der Waals surface area contributed by atoms with Crippen LogP contribution in [-0.4, -0.2) is 23.9 Å². The second-order valence-electron chi connectivity index (χ2n) is 4.98. The number of hydrogen-bond acceptors (Lipinski definition) is 5. The molecule has 2 saturated carbocycles. The van der Waals surface area contributed by atoms with Gasteiger partial charge in [-0.3, -0.25) is 0 Å². The molecule has 0 saturated heterocycles. The molecule has 2 aliphatic carbocycles. The van der Waals surface area contributed by atoms with Gasteiger partial charge in [0, 0.05) is 13.0 Å². The molecule has 3 unspecified atom stereocenters. The highest BCUT2D eigenvalue weighted by molar-refractivity contribution is 5.07. The highest BCUT2D eigenvalue weighted by Crippen LogP contribution is 2.57. The molecular weight excluding hydrogens is 206 g/mol. The van der Waals surface area contributed by atoms with E-state index in [4.69, 9.17) is 15.0 Å². The number of ether oxygens (including phenoxy) is 1. The van der Waals surface area contributed by atoms with Crippen molar-refractivity contribution in [1.29, 1.82) is 0 Å². The van der Waals surface area contributed by atoms with Gasteiger partial charge in [0.2, 0.25) is 5.89 Å².